The van der Waals surface area contributed by atoms with E-state index in [1.807, 2.05) is 0 Å². The minimum absolute atomic E-state index is 0.300. The fourth-order valence-electron chi connectivity index (χ4n) is 1.18. The van der Waals surface area contributed by atoms with E-state index in [1.165, 1.54) is 20.0 Å². The third kappa shape index (κ3) is 4.15. The minimum Gasteiger partial charge on any atom is -0.309 e. The van der Waals surface area contributed by atoms with Crippen molar-refractivity contribution in [2.45, 2.75) is 15.6 Å². The number of hydrogen-bond donors (Lipinski definition) is 2. The van der Waals surface area contributed by atoms with Gasteiger partial charge in [0, 0.05) is 12.1 Å². The topological polar surface area (TPSA) is 32.3 Å². The number of carbonyl (C=O) groups is 1. The smallest absolute Gasteiger partial charge is 0.309 e. The second kappa shape index (κ2) is 6.59. The lowest BCUT2D eigenvalue weighted by Crippen LogP contribution is -2.53. The van der Waals surface area contributed by atoms with Gasteiger partial charge in [0.05, 0.1) is 10.7 Å². The zero-order chi connectivity index (χ0) is 15.7. The number of thiol groups is 1. The first-order valence-electron chi connectivity index (χ1n) is 5.26. The number of benzene rings is 1. The molecule has 1 aromatic rings. The van der Waals surface area contributed by atoms with E-state index in [-0.39, 0.29) is 0 Å². The number of hydrogen-bond acceptors (Lipinski definition) is 2. The average molecular weight is 397 g/mol. The minimum atomic E-state index is -1.77. The Kier molecular flexibility index (Phi) is 6.04. The number of halogens is 5. The number of urea groups is 1. The number of amides is 2. The largest absolute Gasteiger partial charge is 0.322 e. The molecule has 1 rings (SSSR count). The lowest BCUT2D eigenvalue weighted by Gasteiger charge is -2.39. The maximum absolute atomic E-state index is 12.1. The molecule has 0 aliphatic rings. The highest BCUT2D eigenvalue weighted by Crippen LogP contribution is 2.44. The summed E-state index contributed by atoms with van der Waals surface area (Å²) >= 11 is 33.4. The Morgan fingerprint density at radius 1 is 1.30 bits per heavy atom. The molecule has 0 bridgehead atoms. The number of nitrogens with one attached hydrogen (secondary N) is 1. The number of carbonyl (C=O) groups excluding carboxylic acids is 1. The van der Waals surface area contributed by atoms with E-state index in [9.17, 15) is 4.79 Å². The predicted octanol–water partition coefficient (Wildman–Crippen LogP) is 5.47. The standard InChI is InChI=1S/C11H11Cl5N2OS/c1-10(20,11(14,15)16)18(2)9(19)17-8-4-3-6(12)5-7(8)13/h3-5,20H,1-2H3,(H,17,19). The fourth-order valence-corrected chi connectivity index (χ4v) is 2.10. The monoisotopic (exact) mass is 394 g/mol. The summed E-state index contributed by atoms with van der Waals surface area (Å²) in [6.45, 7) is 1.51. The molecule has 0 spiro atoms. The van der Waals surface area contributed by atoms with Crippen LogP contribution >= 0.6 is 70.6 Å². The summed E-state index contributed by atoms with van der Waals surface area (Å²) in [5.41, 5.74) is 0.390. The summed E-state index contributed by atoms with van der Waals surface area (Å²) in [6, 6.07) is 4.14. The Hall–Kier alpha value is 0.290. The molecule has 1 unspecified atom stereocenters. The molecule has 0 aliphatic heterocycles. The van der Waals surface area contributed by atoms with E-state index >= 15 is 0 Å². The van der Waals surface area contributed by atoms with Crippen LogP contribution in [0.1, 0.15) is 6.92 Å². The number of nitrogens with zero attached hydrogens (tertiary/aromatic N) is 1. The van der Waals surface area contributed by atoms with Crippen molar-refractivity contribution < 1.29 is 4.79 Å². The molecule has 0 saturated carbocycles. The molecule has 0 aliphatic carbocycles. The summed E-state index contributed by atoms with van der Waals surface area (Å²) in [4.78, 5) is 12.0. The Balaban J connectivity index is 2.91. The lowest BCUT2D eigenvalue weighted by atomic mass is 10.3. The van der Waals surface area contributed by atoms with Crippen LogP contribution in [0.5, 0.6) is 0 Å². The van der Waals surface area contributed by atoms with Crippen LogP contribution in [0.25, 0.3) is 0 Å². The number of anilines is 1. The van der Waals surface area contributed by atoms with E-state index in [4.69, 9.17) is 58.0 Å². The Morgan fingerprint density at radius 3 is 2.30 bits per heavy atom. The molecule has 2 amide bonds. The summed E-state index contributed by atoms with van der Waals surface area (Å²) in [6.07, 6.45) is 0. The third-order valence-electron chi connectivity index (χ3n) is 2.67. The third-order valence-corrected chi connectivity index (χ3v) is 5.35. The van der Waals surface area contributed by atoms with Gasteiger partial charge in [-0.3, -0.25) is 0 Å². The van der Waals surface area contributed by atoms with Crippen molar-refractivity contribution in [3.63, 3.8) is 0 Å². The first-order chi connectivity index (χ1) is 8.96. The number of rotatable bonds is 2. The van der Waals surface area contributed by atoms with Crippen LogP contribution in [-0.2, 0) is 0 Å². The molecule has 9 heteroatoms. The van der Waals surface area contributed by atoms with Gasteiger partial charge in [0.2, 0.25) is 3.79 Å². The maximum atomic E-state index is 12.1. The zero-order valence-corrected chi connectivity index (χ0v) is 15.1. The van der Waals surface area contributed by atoms with Crippen molar-refractivity contribution in [3.8, 4) is 0 Å². The van der Waals surface area contributed by atoms with Crippen molar-refractivity contribution in [1.82, 2.24) is 4.90 Å². The van der Waals surface area contributed by atoms with Crippen LogP contribution in [0.2, 0.25) is 10.0 Å². The van der Waals surface area contributed by atoms with E-state index < -0.39 is 14.7 Å². The van der Waals surface area contributed by atoms with E-state index in [1.54, 1.807) is 12.1 Å². The van der Waals surface area contributed by atoms with Crippen LogP contribution in [0.4, 0.5) is 10.5 Å². The molecule has 1 aromatic carbocycles. The summed E-state index contributed by atoms with van der Waals surface area (Å²) in [5.74, 6) is 0. The van der Waals surface area contributed by atoms with E-state index in [0.717, 1.165) is 4.90 Å². The van der Waals surface area contributed by atoms with Crippen molar-refractivity contribution >= 4 is 82.4 Å². The molecular weight excluding hydrogens is 385 g/mol. The SMILES string of the molecule is CN(C(=O)Nc1ccc(Cl)cc1Cl)C(C)(S)C(Cl)(Cl)Cl. The van der Waals surface area contributed by atoms with E-state index in [0.29, 0.717) is 15.7 Å². The molecule has 1 atom stereocenters. The fraction of sp³-hybridized carbons (Fsp3) is 0.364. The maximum Gasteiger partial charge on any atom is 0.322 e. The average Bonchev–Trinajstić information content (AvgIpc) is 2.30. The molecule has 0 heterocycles. The molecule has 0 fully saturated rings. The Bertz CT molecular complexity index is 518. The first kappa shape index (κ1) is 18.3. The second-order valence-corrected chi connectivity index (χ2v) is 8.13. The summed E-state index contributed by atoms with van der Waals surface area (Å²) in [7, 11) is 1.45. The van der Waals surface area contributed by atoms with Crippen LogP contribution in [0, 0.1) is 0 Å². The zero-order valence-electron chi connectivity index (χ0n) is 10.4. The van der Waals surface area contributed by atoms with Gasteiger partial charge in [-0.2, -0.15) is 0 Å². The van der Waals surface area contributed by atoms with Crippen molar-refractivity contribution in [2.24, 2.45) is 0 Å². The van der Waals surface area contributed by atoms with Crippen LogP contribution < -0.4 is 5.32 Å². The van der Waals surface area contributed by atoms with Crippen LogP contribution in [0.15, 0.2) is 18.2 Å². The summed E-state index contributed by atoms with van der Waals surface area (Å²) in [5, 5.41) is 3.35. The van der Waals surface area contributed by atoms with Gasteiger partial charge in [0.1, 0.15) is 4.87 Å². The molecule has 0 radical (unpaired) electrons. The van der Waals surface area contributed by atoms with Gasteiger partial charge in [0.15, 0.2) is 0 Å². The van der Waals surface area contributed by atoms with Gasteiger partial charge in [-0.05, 0) is 25.1 Å². The van der Waals surface area contributed by atoms with Crippen molar-refractivity contribution in [2.75, 3.05) is 12.4 Å². The normalized spacial score (nSPS) is 14.6. The predicted molar refractivity (Wildman–Crippen MR) is 90.9 cm³/mol. The molecule has 1 N–H and O–H groups in total. The van der Waals surface area contributed by atoms with Gasteiger partial charge in [-0.1, -0.05) is 58.0 Å². The van der Waals surface area contributed by atoms with Crippen LogP contribution in [-0.4, -0.2) is 26.6 Å². The quantitative estimate of drug-likeness (QED) is 0.388. The highest BCUT2D eigenvalue weighted by atomic mass is 35.6. The number of alkyl halides is 3. The van der Waals surface area contributed by atoms with Gasteiger partial charge < -0.3 is 10.2 Å². The lowest BCUT2D eigenvalue weighted by molar-refractivity contribution is 0.200. The van der Waals surface area contributed by atoms with Gasteiger partial charge in [0.25, 0.3) is 0 Å². The Morgan fingerprint density at radius 2 is 1.85 bits per heavy atom. The molecule has 0 aromatic heterocycles. The Labute approximate surface area is 147 Å². The highest BCUT2D eigenvalue weighted by molar-refractivity contribution is 7.82. The van der Waals surface area contributed by atoms with Gasteiger partial charge in [-0.15, -0.1) is 12.6 Å². The van der Waals surface area contributed by atoms with E-state index in [2.05, 4.69) is 17.9 Å². The van der Waals surface area contributed by atoms with Gasteiger partial charge in [-0.25, -0.2) is 4.79 Å². The van der Waals surface area contributed by atoms with Crippen molar-refractivity contribution in [1.29, 1.82) is 0 Å². The molecule has 3 nitrogen and oxygen atoms in total. The molecule has 20 heavy (non-hydrogen) atoms. The highest BCUT2D eigenvalue weighted by Gasteiger charge is 2.46. The summed E-state index contributed by atoms with van der Waals surface area (Å²) < 4.78 is -1.77. The van der Waals surface area contributed by atoms with Gasteiger partial charge >= 0.3 is 6.03 Å². The van der Waals surface area contributed by atoms with Crippen molar-refractivity contribution in [3.05, 3.63) is 28.2 Å². The molecule has 0 saturated heterocycles. The molecule has 112 valence electrons. The first-order valence-corrected chi connectivity index (χ1v) is 7.59. The van der Waals surface area contributed by atoms with Crippen LogP contribution in [0.3, 0.4) is 0 Å². The molecular formula is C11H11Cl5N2OS. The second-order valence-electron chi connectivity index (χ2n) is 4.13.